The first-order valence-electron chi connectivity index (χ1n) is 7.36. The van der Waals surface area contributed by atoms with E-state index in [0.29, 0.717) is 5.56 Å². The molecule has 126 valence electrons. The van der Waals surface area contributed by atoms with Gasteiger partial charge in [-0.25, -0.2) is 17.5 Å². The van der Waals surface area contributed by atoms with Gasteiger partial charge in [-0.1, -0.05) is 30.3 Å². The zero-order valence-corrected chi connectivity index (χ0v) is 13.8. The van der Waals surface area contributed by atoms with Gasteiger partial charge in [0.2, 0.25) is 10.0 Å². The van der Waals surface area contributed by atoms with Crippen LogP contribution in [0.25, 0.3) is 10.9 Å². The Morgan fingerprint density at radius 2 is 1.83 bits per heavy atom. The summed E-state index contributed by atoms with van der Waals surface area (Å²) in [6.07, 6.45) is 0.713. The predicted molar refractivity (Wildman–Crippen MR) is 89.5 cm³/mol. The topological polar surface area (TPSA) is 71.3 Å². The third-order valence-electron chi connectivity index (χ3n) is 3.88. The molecule has 0 aliphatic carbocycles. The maximum atomic E-state index is 13.7. The Hall–Kier alpha value is -2.22. The van der Waals surface area contributed by atoms with Crippen LogP contribution >= 0.6 is 0 Å². The van der Waals surface area contributed by atoms with E-state index >= 15 is 0 Å². The molecule has 2 aromatic carbocycles. The van der Waals surface area contributed by atoms with Crippen molar-refractivity contribution in [2.75, 3.05) is 6.54 Å². The van der Waals surface area contributed by atoms with Crippen molar-refractivity contribution >= 4 is 20.9 Å². The summed E-state index contributed by atoms with van der Waals surface area (Å²) >= 11 is 0. The Morgan fingerprint density at radius 1 is 1.17 bits per heavy atom. The lowest BCUT2D eigenvalue weighted by atomic mass is 10.1. The average Bonchev–Trinajstić information content (AvgIpc) is 2.90. The van der Waals surface area contributed by atoms with Crippen molar-refractivity contribution in [1.82, 2.24) is 9.29 Å². The molecule has 0 fully saturated rings. The number of rotatable bonds is 5. The first-order valence-corrected chi connectivity index (χ1v) is 8.84. The van der Waals surface area contributed by atoms with Crippen molar-refractivity contribution in [2.24, 2.45) is 7.05 Å². The van der Waals surface area contributed by atoms with Gasteiger partial charge in [-0.15, -0.1) is 0 Å². The molecule has 1 unspecified atom stereocenters. The maximum absolute atomic E-state index is 13.7. The van der Waals surface area contributed by atoms with Crippen LogP contribution in [0.3, 0.4) is 0 Å². The highest BCUT2D eigenvalue weighted by Gasteiger charge is 2.21. The SMILES string of the molecule is Cn1cc(C(O)CNS(=O)(=O)c2ccccc2F)c2ccccc21. The molecular weight excluding hydrogens is 331 g/mol. The number of aryl methyl sites for hydroxylation is 1. The van der Waals surface area contributed by atoms with E-state index in [9.17, 15) is 17.9 Å². The van der Waals surface area contributed by atoms with Crippen molar-refractivity contribution < 1.29 is 17.9 Å². The number of hydrogen-bond acceptors (Lipinski definition) is 3. The van der Waals surface area contributed by atoms with Gasteiger partial charge < -0.3 is 9.67 Å². The molecule has 0 saturated carbocycles. The van der Waals surface area contributed by atoms with E-state index in [1.807, 2.05) is 35.9 Å². The Morgan fingerprint density at radius 3 is 2.58 bits per heavy atom. The molecule has 1 heterocycles. The predicted octanol–water partition coefficient (Wildman–Crippen LogP) is 2.33. The van der Waals surface area contributed by atoms with Gasteiger partial charge in [-0.3, -0.25) is 0 Å². The monoisotopic (exact) mass is 348 g/mol. The van der Waals surface area contributed by atoms with Gasteiger partial charge in [0.15, 0.2) is 0 Å². The number of aromatic nitrogens is 1. The number of fused-ring (bicyclic) bond motifs is 1. The van der Waals surface area contributed by atoms with Crippen molar-refractivity contribution in [3.63, 3.8) is 0 Å². The lowest BCUT2D eigenvalue weighted by Crippen LogP contribution is -2.29. The zero-order chi connectivity index (χ0) is 17.3. The zero-order valence-electron chi connectivity index (χ0n) is 13.0. The van der Waals surface area contributed by atoms with E-state index in [-0.39, 0.29) is 6.54 Å². The van der Waals surface area contributed by atoms with Crippen LogP contribution in [0.15, 0.2) is 59.6 Å². The molecule has 0 spiro atoms. The number of para-hydroxylation sites is 1. The van der Waals surface area contributed by atoms with Crippen LogP contribution in [0.1, 0.15) is 11.7 Å². The van der Waals surface area contributed by atoms with Gasteiger partial charge >= 0.3 is 0 Å². The average molecular weight is 348 g/mol. The number of nitrogens with one attached hydrogen (secondary N) is 1. The van der Waals surface area contributed by atoms with Crippen molar-refractivity contribution in [3.8, 4) is 0 Å². The summed E-state index contributed by atoms with van der Waals surface area (Å²) < 4.78 is 42.2. The smallest absolute Gasteiger partial charge is 0.243 e. The normalized spacial score (nSPS) is 13.3. The molecule has 7 heteroatoms. The fourth-order valence-electron chi connectivity index (χ4n) is 2.68. The fourth-order valence-corrected chi connectivity index (χ4v) is 3.79. The Kier molecular flexibility index (Phi) is 4.40. The number of sulfonamides is 1. The molecule has 0 radical (unpaired) electrons. The summed E-state index contributed by atoms with van der Waals surface area (Å²) in [7, 11) is -2.18. The summed E-state index contributed by atoms with van der Waals surface area (Å²) in [5.74, 6) is -0.829. The summed E-state index contributed by atoms with van der Waals surface area (Å²) in [6.45, 7) is -0.245. The third kappa shape index (κ3) is 3.06. The second-order valence-electron chi connectivity index (χ2n) is 5.51. The maximum Gasteiger partial charge on any atom is 0.243 e. The highest BCUT2D eigenvalue weighted by atomic mass is 32.2. The van der Waals surface area contributed by atoms with Crippen LogP contribution in [0.5, 0.6) is 0 Å². The van der Waals surface area contributed by atoms with Crippen molar-refractivity contribution in [2.45, 2.75) is 11.0 Å². The summed E-state index contributed by atoms with van der Waals surface area (Å²) in [5.41, 5.74) is 1.55. The van der Waals surface area contributed by atoms with Crippen LogP contribution in [0.4, 0.5) is 4.39 Å². The first kappa shape index (κ1) is 16.6. The van der Waals surface area contributed by atoms with E-state index in [0.717, 1.165) is 17.0 Å². The number of hydrogen-bond donors (Lipinski definition) is 2. The van der Waals surface area contributed by atoms with Gasteiger partial charge in [-0.2, -0.15) is 0 Å². The fraction of sp³-hybridized carbons (Fsp3) is 0.176. The molecule has 3 rings (SSSR count). The number of aliphatic hydroxyl groups is 1. The number of halogens is 1. The molecule has 0 aliphatic heterocycles. The Bertz CT molecular complexity index is 982. The van der Waals surface area contributed by atoms with Gasteiger partial charge in [0.05, 0.1) is 6.10 Å². The largest absolute Gasteiger partial charge is 0.387 e. The first-order chi connectivity index (χ1) is 11.4. The van der Waals surface area contributed by atoms with Crippen LogP contribution in [-0.4, -0.2) is 24.6 Å². The summed E-state index contributed by atoms with van der Waals surface area (Å²) in [5, 5.41) is 11.2. The summed E-state index contributed by atoms with van der Waals surface area (Å²) in [4.78, 5) is -0.435. The molecule has 0 saturated heterocycles. The number of benzene rings is 2. The molecule has 0 amide bonds. The highest BCUT2D eigenvalue weighted by molar-refractivity contribution is 7.89. The standard InChI is InChI=1S/C17H17FN2O3S/c1-20-11-13(12-6-2-4-8-15(12)20)16(21)10-19-24(22,23)17-9-5-3-7-14(17)18/h2-9,11,16,19,21H,10H2,1H3. The molecule has 3 aromatic rings. The van der Waals surface area contributed by atoms with Crippen molar-refractivity contribution in [3.05, 3.63) is 66.1 Å². The van der Waals surface area contributed by atoms with Crippen molar-refractivity contribution in [1.29, 1.82) is 0 Å². The minimum atomic E-state index is -4.03. The van der Waals surface area contributed by atoms with E-state index in [1.165, 1.54) is 18.2 Å². The minimum absolute atomic E-state index is 0.245. The van der Waals surface area contributed by atoms with E-state index in [4.69, 9.17) is 0 Å². The summed E-state index contributed by atoms with van der Waals surface area (Å²) in [6, 6.07) is 12.6. The number of aliphatic hydroxyl groups excluding tert-OH is 1. The molecule has 5 nitrogen and oxygen atoms in total. The highest BCUT2D eigenvalue weighted by Crippen LogP contribution is 2.26. The molecule has 1 atom stereocenters. The molecule has 0 aliphatic rings. The molecule has 0 bridgehead atoms. The van der Waals surface area contributed by atoms with Crippen LogP contribution < -0.4 is 4.72 Å². The van der Waals surface area contributed by atoms with E-state index in [1.54, 1.807) is 6.20 Å². The van der Waals surface area contributed by atoms with Gasteiger partial charge in [0, 0.05) is 36.3 Å². The molecular formula is C17H17FN2O3S. The Labute approximate surface area is 139 Å². The number of nitrogens with zero attached hydrogens (tertiary/aromatic N) is 1. The Balaban J connectivity index is 1.82. The molecule has 2 N–H and O–H groups in total. The lowest BCUT2D eigenvalue weighted by Gasteiger charge is -2.12. The van der Waals surface area contributed by atoms with Crippen LogP contribution in [-0.2, 0) is 17.1 Å². The van der Waals surface area contributed by atoms with Gasteiger partial charge in [0.25, 0.3) is 0 Å². The molecule has 24 heavy (non-hydrogen) atoms. The quantitative estimate of drug-likeness (QED) is 0.743. The lowest BCUT2D eigenvalue weighted by molar-refractivity contribution is 0.183. The van der Waals surface area contributed by atoms with E-state index in [2.05, 4.69) is 4.72 Å². The second-order valence-corrected chi connectivity index (χ2v) is 7.25. The second kappa shape index (κ2) is 6.35. The minimum Gasteiger partial charge on any atom is -0.387 e. The van der Waals surface area contributed by atoms with Gasteiger partial charge in [0.1, 0.15) is 10.7 Å². The van der Waals surface area contributed by atoms with Crippen LogP contribution in [0, 0.1) is 5.82 Å². The third-order valence-corrected chi connectivity index (χ3v) is 5.34. The van der Waals surface area contributed by atoms with Gasteiger partial charge in [-0.05, 0) is 18.2 Å². The molecule has 1 aromatic heterocycles. The van der Waals surface area contributed by atoms with Crippen LogP contribution in [0.2, 0.25) is 0 Å². The van der Waals surface area contributed by atoms with E-state index < -0.39 is 26.8 Å².